The van der Waals surface area contributed by atoms with Crippen molar-refractivity contribution in [3.63, 3.8) is 0 Å². The highest BCUT2D eigenvalue weighted by Gasteiger charge is 2.48. The summed E-state index contributed by atoms with van der Waals surface area (Å²) >= 11 is 0. The molecule has 9 heteroatoms. The van der Waals surface area contributed by atoms with Gasteiger partial charge in [0.25, 0.3) is 0 Å². The second-order valence-electron chi connectivity index (χ2n) is 11.4. The first-order valence-electron chi connectivity index (χ1n) is 14.5. The molecule has 1 aliphatic rings. The van der Waals surface area contributed by atoms with Crippen molar-refractivity contribution >= 4 is 11.8 Å². The Labute approximate surface area is 247 Å². The predicted molar refractivity (Wildman–Crippen MR) is 159 cm³/mol. The Balaban J connectivity index is 1.99. The molecule has 1 aliphatic carbocycles. The topological polar surface area (TPSA) is 116 Å². The Morgan fingerprint density at radius 1 is 1.07 bits per heavy atom. The monoisotopic (exact) mass is 583 g/mol. The number of nitrogens with zero attached hydrogens (tertiary/aromatic N) is 1. The van der Waals surface area contributed by atoms with Crippen molar-refractivity contribution in [2.75, 3.05) is 19.6 Å². The van der Waals surface area contributed by atoms with Crippen molar-refractivity contribution in [3.05, 3.63) is 88.0 Å². The summed E-state index contributed by atoms with van der Waals surface area (Å²) in [6.07, 6.45) is 3.61. The van der Waals surface area contributed by atoms with Crippen molar-refractivity contribution in [2.45, 2.75) is 66.0 Å². The van der Waals surface area contributed by atoms with Gasteiger partial charge >= 0.3 is 0 Å². The summed E-state index contributed by atoms with van der Waals surface area (Å²) in [5.41, 5.74) is 7.44. The first-order chi connectivity index (χ1) is 19.9. The Morgan fingerprint density at radius 2 is 1.71 bits per heavy atom. The van der Waals surface area contributed by atoms with E-state index in [2.05, 4.69) is 5.32 Å². The number of benzene rings is 2. The molecule has 0 aromatic heterocycles. The molecule has 42 heavy (non-hydrogen) atoms. The fraction of sp³-hybridized carbons (Fsp3) is 0.455. The zero-order valence-corrected chi connectivity index (χ0v) is 24.9. The molecule has 0 fully saturated rings. The highest BCUT2D eigenvalue weighted by Crippen LogP contribution is 2.44. The summed E-state index contributed by atoms with van der Waals surface area (Å²) < 4.78 is 28.4. The number of hydrogen-bond acceptors (Lipinski definition) is 5. The van der Waals surface area contributed by atoms with E-state index in [0.29, 0.717) is 29.8 Å². The van der Waals surface area contributed by atoms with Gasteiger partial charge in [-0.05, 0) is 63.3 Å². The number of phenolic OH excluding ortho intramolecular Hbond substituents is 1. The van der Waals surface area contributed by atoms with Gasteiger partial charge in [-0.15, -0.1) is 0 Å². The molecule has 0 radical (unpaired) electrons. The molecule has 0 heterocycles. The predicted octanol–water partition coefficient (Wildman–Crippen LogP) is 4.68. The molecule has 3 rings (SSSR count). The molecule has 2 aromatic carbocycles. The van der Waals surface area contributed by atoms with Crippen LogP contribution in [0.5, 0.6) is 5.75 Å². The highest BCUT2D eigenvalue weighted by molar-refractivity contribution is 5.97. The van der Waals surface area contributed by atoms with Gasteiger partial charge in [0.2, 0.25) is 11.8 Å². The molecule has 3 atom stereocenters. The molecule has 5 N–H and O–H groups in total. The van der Waals surface area contributed by atoms with Crippen LogP contribution in [-0.4, -0.2) is 52.7 Å². The molecule has 2 amide bonds. The molecule has 0 saturated heterocycles. The van der Waals surface area contributed by atoms with Crippen LogP contribution in [0.1, 0.15) is 56.7 Å². The second-order valence-corrected chi connectivity index (χ2v) is 11.4. The molecular formula is C33H43F2N3O4. The number of rotatable bonds is 14. The first-order valence-corrected chi connectivity index (χ1v) is 14.5. The van der Waals surface area contributed by atoms with Gasteiger partial charge in [-0.2, -0.15) is 0 Å². The average Bonchev–Trinajstić information content (AvgIpc) is 2.92. The number of aliphatic hydroxyl groups is 1. The van der Waals surface area contributed by atoms with E-state index in [9.17, 15) is 28.6 Å². The number of aromatic hydroxyl groups is 1. The van der Waals surface area contributed by atoms with E-state index in [1.807, 2.05) is 26.8 Å². The number of hydrogen-bond donors (Lipinski definition) is 4. The average molecular weight is 584 g/mol. The van der Waals surface area contributed by atoms with Crippen molar-refractivity contribution in [3.8, 4) is 5.75 Å². The lowest BCUT2D eigenvalue weighted by Gasteiger charge is -2.42. The maximum atomic E-state index is 14.2. The summed E-state index contributed by atoms with van der Waals surface area (Å²) in [6, 6.07) is 8.29. The summed E-state index contributed by atoms with van der Waals surface area (Å²) in [7, 11) is 0. The Morgan fingerprint density at radius 3 is 2.31 bits per heavy atom. The number of phenols is 1. The minimum atomic E-state index is -1.51. The third kappa shape index (κ3) is 8.04. The summed E-state index contributed by atoms with van der Waals surface area (Å²) in [5, 5.41) is 25.0. The van der Waals surface area contributed by atoms with Crippen LogP contribution >= 0.6 is 0 Å². The number of allylic oxidation sites excluding steroid dienone is 2. The van der Waals surface area contributed by atoms with Gasteiger partial charge in [0.05, 0.1) is 11.5 Å². The maximum Gasteiger partial charge on any atom is 0.249 e. The van der Waals surface area contributed by atoms with Crippen molar-refractivity contribution in [1.82, 2.24) is 10.2 Å². The highest BCUT2D eigenvalue weighted by atomic mass is 19.1. The number of aliphatic hydroxyl groups excluding tert-OH is 1. The smallest absolute Gasteiger partial charge is 0.249 e. The molecule has 0 bridgehead atoms. The van der Waals surface area contributed by atoms with Gasteiger partial charge < -0.3 is 26.2 Å². The van der Waals surface area contributed by atoms with E-state index in [-0.39, 0.29) is 43.2 Å². The lowest BCUT2D eigenvalue weighted by atomic mass is 9.63. The lowest BCUT2D eigenvalue weighted by molar-refractivity contribution is -0.132. The summed E-state index contributed by atoms with van der Waals surface area (Å²) in [4.78, 5) is 28.8. The van der Waals surface area contributed by atoms with Crippen LogP contribution in [0.2, 0.25) is 0 Å². The van der Waals surface area contributed by atoms with Crippen LogP contribution < -0.4 is 11.1 Å². The molecule has 0 saturated carbocycles. The zero-order chi connectivity index (χ0) is 31.0. The quantitative estimate of drug-likeness (QED) is 0.258. The number of nitrogens with two attached hydrogens (primary N) is 1. The lowest BCUT2D eigenvalue weighted by Crippen LogP contribution is -2.51. The fourth-order valence-corrected chi connectivity index (χ4v) is 5.91. The van der Waals surface area contributed by atoms with Crippen molar-refractivity contribution in [2.24, 2.45) is 17.1 Å². The van der Waals surface area contributed by atoms with Crippen LogP contribution in [-0.2, 0) is 22.6 Å². The second kappa shape index (κ2) is 14.6. The molecule has 0 aliphatic heterocycles. The van der Waals surface area contributed by atoms with Gasteiger partial charge in [0.1, 0.15) is 17.4 Å². The van der Waals surface area contributed by atoms with E-state index in [4.69, 9.17) is 5.73 Å². The normalized spacial score (nSPS) is 18.2. The van der Waals surface area contributed by atoms with E-state index in [1.54, 1.807) is 36.1 Å². The number of halogens is 2. The molecule has 7 nitrogen and oxygen atoms in total. The SMILES string of the molecule is CCCN(CCC)C(=O)C1=CC(C)=CC(C(N)=O)([C@H](Cc2cc(F)cc(F)c2)[C@@H](O)CNCc2cc(C)ccc2O)C1. The third-order valence-corrected chi connectivity index (χ3v) is 7.79. The van der Waals surface area contributed by atoms with Crippen molar-refractivity contribution in [1.29, 1.82) is 0 Å². The minimum absolute atomic E-state index is 0.0114. The van der Waals surface area contributed by atoms with E-state index in [1.165, 1.54) is 12.1 Å². The summed E-state index contributed by atoms with van der Waals surface area (Å²) in [5.74, 6) is -3.33. The van der Waals surface area contributed by atoms with E-state index < -0.39 is 35.0 Å². The minimum Gasteiger partial charge on any atom is -0.508 e. The van der Waals surface area contributed by atoms with Crippen LogP contribution in [0.3, 0.4) is 0 Å². The molecule has 1 unspecified atom stereocenters. The number of aryl methyl sites for hydroxylation is 1. The van der Waals surface area contributed by atoms with E-state index >= 15 is 0 Å². The Kier molecular flexibility index (Phi) is 11.4. The number of primary amides is 1. The van der Waals surface area contributed by atoms with Crippen LogP contribution in [0, 0.1) is 29.9 Å². The molecular weight excluding hydrogens is 540 g/mol. The van der Waals surface area contributed by atoms with Gasteiger partial charge in [0, 0.05) is 49.3 Å². The third-order valence-electron chi connectivity index (χ3n) is 7.79. The van der Waals surface area contributed by atoms with Gasteiger partial charge in [-0.3, -0.25) is 9.59 Å². The largest absolute Gasteiger partial charge is 0.508 e. The number of carbonyl (C=O) groups is 2. The number of nitrogens with one attached hydrogen (secondary N) is 1. The molecule has 2 aromatic rings. The van der Waals surface area contributed by atoms with Gasteiger partial charge in [-0.25, -0.2) is 8.78 Å². The van der Waals surface area contributed by atoms with Gasteiger partial charge in [0.15, 0.2) is 0 Å². The number of amides is 2. The number of carbonyl (C=O) groups excluding carboxylic acids is 2. The zero-order valence-electron chi connectivity index (χ0n) is 24.9. The fourth-order valence-electron chi connectivity index (χ4n) is 5.91. The Bertz CT molecular complexity index is 1320. The van der Waals surface area contributed by atoms with Crippen LogP contribution in [0.4, 0.5) is 8.78 Å². The van der Waals surface area contributed by atoms with Crippen LogP contribution in [0.25, 0.3) is 0 Å². The standard InChI is InChI=1S/C33H43F2N3O4/c1-5-9-38(10-6-2)31(41)24-12-22(4)17-33(18-24,32(36)42)28(15-23-13-26(34)16-27(35)14-23)30(40)20-37-19-25-11-21(3)7-8-29(25)39/h7-8,11-14,16-17,28,30,37,39-40H,5-6,9-10,15,18-20H2,1-4H3,(H2,36,42)/t28-,30+,33?/m1/s1. The first kappa shape index (κ1) is 32.9. The molecule has 0 spiro atoms. The molecule has 228 valence electrons. The van der Waals surface area contributed by atoms with Crippen LogP contribution in [0.15, 0.2) is 59.7 Å². The van der Waals surface area contributed by atoms with Crippen molar-refractivity contribution < 1.29 is 28.6 Å². The van der Waals surface area contributed by atoms with Gasteiger partial charge in [-0.1, -0.05) is 49.3 Å². The van der Waals surface area contributed by atoms with E-state index in [0.717, 1.165) is 24.5 Å². The Hall–Kier alpha value is -3.56. The maximum absolute atomic E-state index is 14.2. The summed E-state index contributed by atoms with van der Waals surface area (Å²) in [6.45, 7) is 8.96.